The average molecular weight is 300 g/mol. The lowest BCUT2D eigenvalue weighted by molar-refractivity contribution is 0.158. The molecule has 2 unspecified atom stereocenters. The molecule has 1 aromatic rings. The molecule has 0 radical (unpaired) electrons. The van der Waals surface area contributed by atoms with Gasteiger partial charge in [0.1, 0.15) is 0 Å². The van der Waals surface area contributed by atoms with E-state index in [2.05, 4.69) is 52.4 Å². The van der Waals surface area contributed by atoms with Crippen LogP contribution in [0.15, 0.2) is 28.7 Å². The molecule has 2 nitrogen and oxygen atoms in total. The van der Waals surface area contributed by atoms with Crippen molar-refractivity contribution in [3.05, 3.63) is 34.3 Å². The second kappa shape index (κ2) is 7.85. The van der Waals surface area contributed by atoms with E-state index in [0.717, 1.165) is 30.3 Å². The monoisotopic (exact) mass is 299 g/mol. The van der Waals surface area contributed by atoms with Crippen molar-refractivity contribution >= 4 is 15.9 Å². The molecular weight excluding hydrogens is 278 g/mol. The van der Waals surface area contributed by atoms with Gasteiger partial charge in [0.05, 0.1) is 6.10 Å². The van der Waals surface area contributed by atoms with Crippen molar-refractivity contribution in [2.45, 2.75) is 45.3 Å². The smallest absolute Gasteiger partial charge is 0.0549 e. The van der Waals surface area contributed by atoms with Crippen molar-refractivity contribution in [1.29, 1.82) is 0 Å². The van der Waals surface area contributed by atoms with E-state index in [-0.39, 0.29) is 6.10 Å². The molecule has 1 rings (SSSR count). The fourth-order valence-electron chi connectivity index (χ4n) is 1.82. The largest absolute Gasteiger partial charge is 0.393 e. The van der Waals surface area contributed by atoms with Crippen LogP contribution in [0.3, 0.4) is 0 Å². The lowest BCUT2D eigenvalue weighted by Gasteiger charge is -2.18. The van der Waals surface area contributed by atoms with Crippen LogP contribution < -0.4 is 5.32 Å². The molecule has 0 heterocycles. The Hall–Kier alpha value is -0.380. The van der Waals surface area contributed by atoms with Crippen LogP contribution in [0.5, 0.6) is 0 Å². The van der Waals surface area contributed by atoms with E-state index in [1.54, 1.807) is 0 Å². The first-order valence-electron chi connectivity index (χ1n) is 6.34. The Morgan fingerprint density at radius 2 is 1.82 bits per heavy atom. The standard InChI is InChI=1S/C14H22BrNO/c1-3-13(17)9-10-16-14(4-2)11-5-7-12(15)8-6-11/h5-8,13-14,16-17H,3-4,9-10H2,1-2H3. The Kier molecular flexibility index (Phi) is 6.78. The predicted octanol–water partition coefficient (Wildman–Crippen LogP) is 3.65. The Balaban J connectivity index is 2.45. The highest BCUT2D eigenvalue weighted by atomic mass is 79.9. The molecule has 0 aromatic heterocycles. The highest BCUT2D eigenvalue weighted by Crippen LogP contribution is 2.19. The summed E-state index contributed by atoms with van der Waals surface area (Å²) in [6.45, 7) is 5.05. The molecule has 0 aliphatic rings. The Bertz CT molecular complexity index is 313. The maximum atomic E-state index is 9.50. The third-order valence-corrected chi connectivity index (χ3v) is 3.55. The zero-order valence-electron chi connectivity index (χ0n) is 10.6. The molecule has 2 atom stereocenters. The second-order valence-corrected chi connectivity index (χ2v) is 5.23. The van der Waals surface area contributed by atoms with Gasteiger partial charge >= 0.3 is 0 Å². The minimum absolute atomic E-state index is 0.176. The van der Waals surface area contributed by atoms with Gasteiger partial charge in [0, 0.05) is 10.5 Å². The first-order valence-corrected chi connectivity index (χ1v) is 7.13. The summed E-state index contributed by atoms with van der Waals surface area (Å²) in [7, 11) is 0. The molecule has 17 heavy (non-hydrogen) atoms. The topological polar surface area (TPSA) is 32.3 Å². The number of rotatable bonds is 7. The summed E-state index contributed by atoms with van der Waals surface area (Å²) in [5.41, 5.74) is 1.31. The molecule has 1 aromatic carbocycles. The van der Waals surface area contributed by atoms with E-state index < -0.39 is 0 Å². The van der Waals surface area contributed by atoms with E-state index in [1.807, 2.05) is 6.92 Å². The number of benzene rings is 1. The van der Waals surface area contributed by atoms with Gasteiger partial charge in [-0.1, -0.05) is 41.9 Å². The lowest BCUT2D eigenvalue weighted by atomic mass is 10.0. The van der Waals surface area contributed by atoms with Crippen LogP contribution in [0.2, 0.25) is 0 Å². The molecule has 0 spiro atoms. The maximum absolute atomic E-state index is 9.50. The van der Waals surface area contributed by atoms with Crippen LogP contribution in [-0.2, 0) is 0 Å². The molecule has 2 N–H and O–H groups in total. The molecule has 0 aliphatic carbocycles. The molecule has 0 aliphatic heterocycles. The van der Waals surface area contributed by atoms with Gasteiger partial charge in [-0.2, -0.15) is 0 Å². The zero-order chi connectivity index (χ0) is 12.7. The first kappa shape index (κ1) is 14.7. The van der Waals surface area contributed by atoms with Gasteiger partial charge < -0.3 is 10.4 Å². The number of nitrogens with one attached hydrogen (secondary N) is 1. The number of aliphatic hydroxyl groups excluding tert-OH is 1. The number of hydrogen-bond donors (Lipinski definition) is 2. The van der Waals surface area contributed by atoms with Crippen molar-refractivity contribution < 1.29 is 5.11 Å². The van der Waals surface area contributed by atoms with Crippen molar-refractivity contribution in [3.8, 4) is 0 Å². The molecule has 0 fully saturated rings. The van der Waals surface area contributed by atoms with Crippen LogP contribution in [0.1, 0.15) is 44.7 Å². The third kappa shape index (κ3) is 5.19. The van der Waals surface area contributed by atoms with Crippen LogP contribution in [0, 0.1) is 0 Å². The molecule has 0 amide bonds. The summed E-state index contributed by atoms with van der Waals surface area (Å²) in [5, 5.41) is 13.0. The van der Waals surface area contributed by atoms with Gasteiger partial charge in [-0.15, -0.1) is 0 Å². The van der Waals surface area contributed by atoms with Crippen molar-refractivity contribution in [2.24, 2.45) is 0 Å². The van der Waals surface area contributed by atoms with Crippen molar-refractivity contribution in [2.75, 3.05) is 6.54 Å². The molecular formula is C14H22BrNO. The number of halogens is 1. The first-order chi connectivity index (χ1) is 8.17. The van der Waals surface area contributed by atoms with Crippen molar-refractivity contribution in [1.82, 2.24) is 5.32 Å². The summed E-state index contributed by atoms with van der Waals surface area (Å²) >= 11 is 3.44. The normalized spacial score (nSPS) is 14.6. The molecule has 3 heteroatoms. The summed E-state index contributed by atoms with van der Waals surface area (Å²) in [5.74, 6) is 0. The molecule has 0 saturated heterocycles. The van der Waals surface area contributed by atoms with Crippen LogP contribution in [0.4, 0.5) is 0 Å². The second-order valence-electron chi connectivity index (χ2n) is 4.32. The number of hydrogen-bond acceptors (Lipinski definition) is 2. The Labute approximate surface area is 113 Å². The number of aliphatic hydroxyl groups is 1. The van der Waals surface area contributed by atoms with Gasteiger partial charge in [0.15, 0.2) is 0 Å². The van der Waals surface area contributed by atoms with E-state index in [9.17, 15) is 5.11 Å². The van der Waals surface area contributed by atoms with Gasteiger partial charge in [0.25, 0.3) is 0 Å². The molecule has 96 valence electrons. The van der Waals surface area contributed by atoms with E-state index in [4.69, 9.17) is 0 Å². The van der Waals surface area contributed by atoms with Gasteiger partial charge in [-0.3, -0.25) is 0 Å². The summed E-state index contributed by atoms with van der Waals surface area (Å²) in [6, 6.07) is 8.80. The SMILES string of the molecule is CCC(O)CCNC(CC)c1ccc(Br)cc1. The summed E-state index contributed by atoms with van der Waals surface area (Å²) in [6.07, 6.45) is 2.54. The fraction of sp³-hybridized carbons (Fsp3) is 0.571. The van der Waals surface area contributed by atoms with Gasteiger partial charge in [-0.25, -0.2) is 0 Å². The third-order valence-electron chi connectivity index (χ3n) is 3.02. The predicted molar refractivity (Wildman–Crippen MR) is 76.1 cm³/mol. The van der Waals surface area contributed by atoms with Crippen LogP contribution in [-0.4, -0.2) is 17.8 Å². The van der Waals surface area contributed by atoms with Gasteiger partial charge in [0.2, 0.25) is 0 Å². The molecule has 0 bridgehead atoms. The highest BCUT2D eigenvalue weighted by molar-refractivity contribution is 9.10. The van der Waals surface area contributed by atoms with Crippen molar-refractivity contribution in [3.63, 3.8) is 0 Å². The minimum Gasteiger partial charge on any atom is -0.393 e. The van der Waals surface area contributed by atoms with E-state index >= 15 is 0 Å². The van der Waals surface area contributed by atoms with E-state index in [1.165, 1.54) is 5.56 Å². The fourth-order valence-corrected chi connectivity index (χ4v) is 2.09. The van der Waals surface area contributed by atoms with Crippen LogP contribution >= 0.6 is 15.9 Å². The highest BCUT2D eigenvalue weighted by Gasteiger charge is 2.09. The Morgan fingerprint density at radius 1 is 1.18 bits per heavy atom. The zero-order valence-corrected chi connectivity index (χ0v) is 12.2. The molecule has 0 saturated carbocycles. The maximum Gasteiger partial charge on any atom is 0.0549 e. The average Bonchev–Trinajstić information content (AvgIpc) is 2.35. The summed E-state index contributed by atoms with van der Waals surface area (Å²) in [4.78, 5) is 0. The lowest BCUT2D eigenvalue weighted by Crippen LogP contribution is -2.24. The van der Waals surface area contributed by atoms with Crippen LogP contribution in [0.25, 0.3) is 0 Å². The van der Waals surface area contributed by atoms with E-state index in [0.29, 0.717) is 6.04 Å². The Morgan fingerprint density at radius 3 is 2.35 bits per heavy atom. The quantitative estimate of drug-likeness (QED) is 0.805. The van der Waals surface area contributed by atoms with Gasteiger partial charge in [-0.05, 0) is 43.5 Å². The summed E-state index contributed by atoms with van der Waals surface area (Å²) < 4.78 is 1.11. The minimum atomic E-state index is -0.176.